The van der Waals surface area contributed by atoms with Gasteiger partial charge in [-0.2, -0.15) is 12.9 Å². The van der Waals surface area contributed by atoms with E-state index < -0.39 is 41.5 Å². The van der Waals surface area contributed by atoms with Crippen LogP contribution in [0.15, 0.2) is 118 Å². The van der Waals surface area contributed by atoms with Crippen LogP contribution in [0.5, 0.6) is 17.2 Å². The summed E-state index contributed by atoms with van der Waals surface area (Å²) in [5, 5.41) is 9.47. The van der Waals surface area contributed by atoms with E-state index in [1.165, 1.54) is 81.2 Å². The summed E-state index contributed by atoms with van der Waals surface area (Å²) in [5.74, 6) is 1.15. The van der Waals surface area contributed by atoms with Gasteiger partial charge in [0.05, 0.1) is 48.7 Å². The monoisotopic (exact) mass is 870 g/mol. The fourth-order valence-corrected chi connectivity index (χ4v) is 13.2. The lowest BCUT2D eigenvalue weighted by atomic mass is 10.0. The molecular formula is C41H50N4O11S3. The number of nitrogens with zero attached hydrogens (tertiary/aromatic N) is 4. The second-order valence-corrected chi connectivity index (χ2v) is 20.5. The number of hydrogen-bond acceptors (Lipinski definition) is 12. The number of methoxy groups -OCH3 is 2. The summed E-state index contributed by atoms with van der Waals surface area (Å²) in [6, 6.07) is 28.1. The van der Waals surface area contributed by atoms with Gasteiger partial charge in [-0.3, -0.25) is 4.90 Å². The van der Waals surface area contributed by atoms with Crippen LogP contribution in [0.2, 0.25) is 0 Å². The van der Waals surface area contributed by atoms with E-state index >= 15 is 0 Å². The molecule has 59 heavy (non-hydrogen) atoms. The number of hydrogen-bond donors (Lipinski definition) is 1. The van der Waals surface area contributed by atoms with Crippen molar-refractivity contribution in [2.75, 3.05) is 66.7 Å². The lowest BCUT2D eigenvalue weighted by molar-refractivity contribution is -0.0990. The molecule has 4 aliphatic heterocycles. The number of rotatable bonds is 10. The quantitative estimate of drug-likeness (QED) is 0.240. The summed E-state index contributed by atoms with van der Waals surface area (Å²) in [6.45, 7) is 3.58. The van der Waals surface area contributed by atoms with Crippen molar-refractivity contribution >= 4 is 30.1 Å². The normalized spacial score (nSPS) is 23.6. The third-order valence-corrected chi connectivity index (χ3v) is 17.0. The van der Waals surface area contributed by atoms with Crippen LogP contribution in [0, 0.1) is 0 Å². The highest BCUT2D eigenvalue weighted by Crippen LogP contribution is 2.40. The molecule has 4 saturated heterocycles. The van der Waals surface area contributed by atoms with Crippen molar-refractivity contribution in [2.45, 2.75) is 58.4 Å². The second kappa shape index (κ2) is 17.5. The van der Waals surface area contributed by atoms with Gasteiger partial charge in [0.15, 0.2) is 0 Å². The summed E-state index contributed by atoms with van der Waals surface area (Å²) in [4.78, 5) is 2.69. The van der Waals surface area contributed by atoms with Gasteiger partial charge >= 0.3 is 0 Å². The van der Waals surface area contributed by atoms with E-state index in [9.17, 15) is 30.4 Å². The molecule has 2 unspecified atom stereocenters. The number of ether oxygens (including phenoxy) is 4. The van der Waals surface area contributed by atoms with Crippen LogP contribution in [0.1, 0.15) is 31.2 Å². The van der Waals surface area contributed by atoms with Crippen molar-refractivity contribution in [1.82, 2.24) is 17.8 Å². The van der Waals surface area contributed by atoms with E-state index in [2.05, 4.69) is 17.0 Å². The van der Waals surface area contributed by atoms with Gasteiger partial charge in [0, 0.05) is 32.7 Å². The standard InChI is InChI=1S/C21H26N2O7S2.C20H24N2O4S/c1-28-17-4-8-19(9-5-17)31(24,25)22-13-3-12-21(16-22)23(14-15-30-21)32(26,27)20-10-6-18(29-2)7-11-20;23-18-7-9-19(10-8-18)27(24,25)22-13-14-26-20(22)11-4-12-21(16-20)15-17-5-2-1-3-6-17/h4-11H,3,12-16H2,1-2H3;1-3,5-10,23H,4,11-16H2. The van der Waals surface area contributed by atoms with Crippen LogP contribution >= 0.6 is 0 Å². The van der Waals surface area contributed by atoms with Crippen molar-refractivity contribution in [1.29, 1.82) is 0 Å². The molecule has 8 rings (SSSR count). The minimum atomic E-state index is -3.90. The van der Waals surface area contributed by atoms with Gasteiger partial charge < -0.3 is 24.1 Å². The molecule has 4 heterocycles. The van der Waals surface area contributed by atoms with E-state index in [1.54, 1.807) is 24.3 Å². The molecule has 1 N–H and O–H groups in total. The molecule has 18 heteroatoms. The minimum Gasteiger partial charge on any atom is -0.508 e. The number of benzene rings is 4. The van der Waals surface area contributed by atoms with Gasteiger partial charge in [-0.1, -0.05) is 30.3 Å². The Bertz CT molecular complexity index is 2390. The van der Waals surface area contributed by atoms with E-state index in [0.29, 0.717) is 50.5 Å². The predicted molar refractivity (Wildman–Crippen MR) is 218 cm³/mol. The highest BCUT2D eigenvalue weighted by Gasteiger charge is 2.53. The molecule has 0 aromatic heterocycles. The van der Waals surface area contributed by atoms with Gasteiger partial charge in [0.25, 0.3) is 0 Å². The van der Waals surface area contributed by atoms with Gasteiger partial charge in [0.1, 0.15) is 28.7 Å². The first kappa shape index (κ1) is 43.0. The molecule has 0 radical (unpaired) electrons. The minimum absolute atomic E-state index is 0.0491. The Morgan fingerprint density at radius 2 is 1.03 bits per heavy atom. The number of likely N-dealkylation sites (tertiary alicyclic amines) is 1. The summed E-state index contributed by atoms with van der Waals surface area (Å²) in [7, 11) is -8.41. The molecule has 0 saturated carbocycles. The molecule has 0 aliphatic carbocycles. The highest BCUT2D eigenvalue weighted by atomic mass is 32.2. The molecule has 2 spiro atoms. The molecule has 4 aliphatic rings. The maximum absolute atomic E-state index is 13.4. The van der Waals surface area contributed by atoms with Gasteiger partial charge in [-0.15, -0.1) is 0 Å². The lowest BCUT2D eigenvalue weighted by Gasteiger charge is -2.43. The fourth-order valence-electron chi connectivity index (χ4n) is 8.26. The lowest BCUT2D eigenvalue weighted by Crippen LogP contribution is -2.59. The third kappa shape index (κ3) is 8.87. The fraction of sp³-hybridized carbons (Fsp3) is 0.415. The molecule has 2 atom stereocenters. The maximum atomic E-state index is 13.4. The van der Waals surface area contributed by atoms with Gasteiger partial charge in [-0.05, 0) is 111 Å². The molecule has 0 bridgehead atoms. The largest absolute Gasteiger partial charge is 0.508 e. The van der Waals surface area contributed by atoms with Crippen LogP contribution in [-0.2, 0) is 46.1 Å². The zero-order valence-corrected chi connectivity index (χ0v) is 35.5. The van der Waals surface area contributed by atoms with Gasteiger partial charge in [0.2, 0.25) is 30.1 Å². The number of sulfonamides is 3. The molecule has 0 amide bonds. The van der Waals surface area contributed by atoms with Crippen molar-refractivity contribution in [2.24, 2.45) is 0 Å². The number of aromatic hydroxyl groups is 1. The maximum Gasteiger partial charge on any atom is 0.245 e. The zero-order valence-electron chi connectivity index (χ0n) is 33.1. The van der Waals surface area contributed by atoms with Crippen molar-refractivity contribution in [3.05, 3.63) is 109 Å². The Balaban J connectivity index is 0.000000181. The Labute approximate surface area is 346 Å². The average molecular weight is 871 g/mol. The first-order valence-electron chi connectivity index (χ1n) is 19.4. The first-order chi connectivity index (χ1) is 28.2. The number of phenolic OH excluding ortho intramolecular Hbond substituents is 1. The van der Waals surface area contributed by atoms with Crippen LogP contribution < -0.4 is 9.47 Å². The summed E-state index contributed by atoms with van der Waals surface area (Å²) in [6.07, 6.45) is 2.46. The molecular weight excluding hydrogens is 821 g/mol. The smallest absolute Gasteiger partial charge is 0.245 e. The molecule has 4 aromatic carbocycles. The Hall–Kier alpha value is -4.11. The Morgan fingerprint density at radius 1 is 0.576 bits per heavy atom. The van der Waals surface area contributed by atoms with Crippen molar-refractivity contribution in [3.63, 3.8) is 0 Å². The molecule has 4 fully saturated rings. The number of piperidine rings is 2. The van der Waals surface area contributed by atoms with Crippen LogP contribution in [0.4, 0.5) is 0 Å². The summed E-state index contributed by atoms with van der Waals surface area (Å²) < 4.78 is 106. The second-order valence-electron chi connectivity index (χ2n) is 14.8. The third-order valence-electron chi connectivity index (χ3n) is 11.2. The van der Waals surface area contributed by atoms with Crippen LogP contribution in [0.25, 0.3) is 0 Å². The molecule has 318 valence electrons. The van der Waals surface area contributed by atoms with E-state index in [0.717, 1.165) is 19.5 Å². The van der Waals surface area contributed by atoms with E-state index in [-0.39, 0.29) is 46.7 Å². The Kier molecular flexibility index (Phi) is 12.7. The van der Waals surface area contributed by atoms with E-state index in [4.69, 9.17) is 18.9 Å². The number of phenols is 1. The van der Waals surface area contributed by atoms with E-state index in [1.807, 2.05) is 18.2 Å². The average Bonchev–Trinajstić information content (AvgIpc) is 3.86. The predicted octanol–water partition coefficient (Wildman–Crippen LogP) is 4.31. The zero-order chi connectivity index (χ0) is 41.9. The topological polar surface area (TPSA) is 173 Å². The Morgan fingerprint density at radius 3 is 1.54 bits per heavy atom. The van der Waals surface area contributed by atoms with Gasteiger partial charge in [-0.25, -0.2) is 25.3 Å². The van der Waals surface area contributed by atoms with Crippen LogP contribution in [-0.4, -0.2) is 126 Å². The molecule has 4 aromatic rings. The molecule has 15 nitrogen and oxygen atoms in total. The highest BCUT2D eigenvalue weighted by molar-refractivity contribution is 7.89. The van der Waals surface area contributed by atoms with Crippen molar-refractivity contribution in [3.8, 4) is 17.2 Å². The SMILES string of the molecule is COc1ccc(S(=O)(=O)N2CCCC3(C2)OCCN3S(=O)(=O)c2ccc(OC)cc2)cc1.O=S(=O)(c1ccc(O)cc1)N1CCOC12CCCN(Cc1ccccc1)C2. The first-order valence-corrected chi connectivity index (χ1v) is 23.7. The summed E-state index contributed by atoms with van der Waals surface area (Å²) >= 11 is 0. The van der Waals surface area contributed by atoms with Crippen LogP contribution in [0.3, 0.4) is 0 Å². The summed E-state index contributed by atoms with van der Waals surface area (Å²) in [5.41, 5.74) is -0.846. The van der Waals surface area contributed by atoms with Crippen molar-refractivity contribution < 1.29 is 49.3 Å².